The maximum atomic E-state index is 12.1. The molecule has 29 heavy (non-hydrogen) atoms. The summed E-state index contributed by atoms with van der Waals surface area (Å²) in [5.41, 5.74) is 2.09. The van der Waals surface area contributed by atoms with Crippen LogP contribution in [-0.4, -0.2) is 11.6 Å². The lowest BCUT2D eigenvalue weighted by atomic mass is 10.0. The molecule has 1 aromatic heterocycles. The highest BCUT2D eigenvalue weighted by molar-refractivity contribution is 6.32. The second kappa shape index (κ2) is 9.04. The fraction of sp³-hybridized carbons (Fsp3) is 0.182. The first-order valence-electron chi connectivity index (χ1n) is 8.91. The molecule has 0 saturated heterocycles. The second-order valence-corrected chi connectivity index (χ2v) is 7.09. The number of aryl methyl sites for hydroxylation is 1. The van der Waals surface area contributed by atoms with E-state index in [0.29, 0.717) is 45.0 Å². The molecule has 0 radical (unpaired) electrons. The number of nitriles is 1. The summed E-state index contributed by atoms with van der Waals surface area (Å²) in [4.78, 5) is 14.8. The van der Waals surface area contributed by atoms with Gasteiger partial charge in [0.05, 0.1) is 11.6 Å². The number of ether oxygens (including phenoxy) is 2. The van der Waals surface area contributed by atoms with Crippen molar-refractivity contribution >= 4 is 23.2 Å². The Morgan fingerprint density at radius 3 is 2.55 bits per heavy atom. The average Bonchev–Trinajstić information content (AvgIpc) is 2.68. The van der Waals surface area contributed by atoms with Crippen LogP contribution in [0.4, 0.5) is 0 Å². The molecule has 3 aromatic rings. The van der Waals surface area contributed by atoms with Crippen molar-refractivity contribution in [2.75, 3.05) is 6.61 Å². The highest BCUT2D eigenvalue weighted by atomic mass is 35.5. The minimum atomic E-state index is -0.448. The number of rotatable bonds is 6. The third-order valence-electron chi connectivity index (χ3n) is 4.23. The van der Waals surface area contributed by atoms with Gasteiger partial charge in [-0.2, -0.15) is 5.26 Å². The van der Waals surface area contributed by atoms with Gasteiger partial charge in [-0.1, -0.05) is 41.4 Å². The molecule has 0 aliphatic heterocycles. The van der Waals surface area contributed by atoms with Gasteiger partial charge in [-0.05, 0) is 43.7 Å². The number of halogens is 2. The van der Waals surface area contributed by atoms with Crippen LogP contribution >= 0.6 is 23.2 Å². The van der Waals surface area contributed by atoms with Gasteiger partial charge in [0.1, 0.15) is 18.2 Å². The van der Waals surface area contributed by atoms with E-state index >= 15 is 0 Å². The van der Waals surface area contributed by atoms with Gasteiger partial charge in [0.15, 0.2) is 11.5 Å². The first-order chi connectivity index (χ1) is 13.9. The highest BCUT2D eigenvalue weighted by Gasteiger charge is 2.17. The van der Waals surface area contributed by atoms with Crippen LogP contribution in [0.5, 0.6) is 11.5 Å². The number of aromatic nitrogens is 1. The molecule has 0 saturated carbocycles. The van der Waals surface area contributed by atoms with E-state index < -0.39 is 5.56 Å². The van der Waals surface area contributed by atoms with Crippen molar-refractivity contribution in [2.24, 2.45) is 0 Å². The minimum absolute atomic E-state index is 0.0128. The molecule has 0 spiro atoms. The molecule has 0 unspecified atom stereocenters. The van der Waals surface area contributed by atoms with Crippen molar-refractivity contribution < 1.29 is 9.47 Å². The lowest BCUT2D eigenvalue weighted by molar-refractivity contribution is 0.269. The van der Waals surface area contributed by atoms with Gasteiger partial charge in [0.25, 0.3) is 5.56 Å². The summed E-state index contributed by atoms with van der Waals surface area (Å²) >= 11 is 12.7. The molecule has 0 aliphatic carbocycles. The van der Waals surface area contributed by atoms with E-state index in [1.165, 1.54) is 0 Å². The Balaban J connectivity index is 2.05. The Bertz CT molecular complexity index is 1150. The minimum Gasteiger partial charge on any atom is -0.490 e. The molecule has 2 aromatic carbocycles. The SMILES string of the molecule is CCOc1cc(-c2cc(C)[nH]c(=O)c2C#N)cc(Cl)c1OCc1ccccc1Cl. The van der Waals surface area contributed by atoms with E-state index in [2.05, 4.69) is 4.98 Å². The molecule has 5 nitrogen and oxygen atoms in total. The summed E-state index contributed by atoms with van der Waals surface area (Å²) in [5.74, 6) is 0.793. The van der Waals surface area contributed by atoms with Crippen LogP contribution in [0.3, 0.4) is 0 Å². The normalized spacial score (nSPS) is 10.4. The molecule has 1 N–H and O–H groups in total. The number of pyridine rings is 1. The number of hydrogen-bond acceptors (Lipinski definition) is 4. The van der Waals surface area contributed by atoms with Gasteiger partial charge in [-0.25, -0.2) is 0 Å². The zero-order valence-corrected chi connectivity index (χ0v) is 17.4. The Morgan fingerprint density at radius 1 is 1.10 bits per heavy atom. The van der Waals surface area contributed by atoms with Crippen LogP contribution in [0.25, 0.3) is 11.1 Å². The Labute approximate surface area is 178 Å². The molecular formula is C22H18Cl2N2O3. The second-order valence-electron chi connectivity index (χ2n) is 6.28. The fourth-order valence-corrected chi connectivity index (χ4v) is 3.37. The van der Waals surface area contributed by atoms with E-state index in [4.69, 9.17) is 32.7 Å². The number of aromatic amines is 1. The van der Waals surface area contributed by atoms with Crippen LogP contribution < -0.4 is 15.0 Å². The van der Waals surface area contributed by atoms with Gasteiger partial charge < -0.3 is 14.5 Å². The van der Waals surface area contributed by atoms with E-state index in [0.717, 1.165) is 5.56 Å². The molecule has 0 aliphatic rings. The van der Waals surface area contributed by atoms with Gasteiger partial charge in [0, 0.05) is 21.8 Å². The maximum Gasteiger partial charge on any atom is 0.266 e. The molecule has 148 valence electrons. The third-order valence-corrected chi connectivity index (χ3v) is 4.88. The predicted octanol–water partition coefficient (Wildman–Crippen LogP) is 5.51. The average molecular weight is 429 g/mol. The number of hydrogen-bond donors (Lipinski definition) is 1. The van der Waals surface area contributed by atoms with Gasteiger partial charge in [-0.15, -0.1) is 0 Å². The van der Waals surface area contributed by atoms with Crippen molar-refractivity contribution in [3.63, 3.8) is 0 Å². The highest BCUT2D eigenvalue weighted by Crippen LogP contribution is 2.40. The lowest BCUT2D eigenvalue weighted by Gasteiger charge is -2.16. The van der Waals surface area contributed by atoms with Crippen LogP contribution in [0.15, 0.2) is 47.3 Å². The van der Waals surface area contributed by atoms with E-state index in [9.17, 15) is 10.1 Å². The van der Waals surface area contributed by atoms with Crippen molar-refractivity contribution in [3.05, 3.63) is 79.7 Å². The van der Waals surface area contributed by atoms with Crippen LogP contribution in [0, 0.1) is 18.3 Å². The number of nitrogens with zero attached hydrogens (tertiary/aromatic N) is 1. The quantitative estimate of drug-likeness (QED) is 0.561. The summed E-state index contributed by atoms with van der Waals surface area (Å²) < 4.78 is 11.6. The zero-order chi connectivity index (χ0) is 21.0. The molecular weight excluding hydrogens is 411 g/mol. The molecule has 0 fully saturated rings. The summed E-state index contributed by atoms with van der Waals surface area (Å²) in [5, 5.41) is 10.3. The summed E-state index contributed by atoms with van der Waals surface area (Å²) in [7, 11) is 0. The number of benzene rings is 2. The topological polar surface area (TPSA) is 75.1 Å². The van der Waals surface area contributed by atoms with Gasteiger partial charge >= 0.3 is 0 Å². The third kappa shape index (κ3) is 4.56. The summed E-state index contributed by atoms with van der Waals surface area (Å²) in [6, 6.07) is 14.4. The Hall–Kier alpha value is -2.94. The molecule has 3 rings (SSSR count). The fourth-order valence-electron chi connectivity index (χ4n) is 2.92. The van der Waals surface area contributed by atoms with Gasteiger partial charge in [-0.3, -0.25) is 4.79 Å². The van der Waals surface area contributed by atoms with Crippen molar-refractivity contribution in [1.29, 1.82) is 5.26 Å². The first kappa shape index (κ1) is 20.8. The van der Waals surface area contributed by atoms with Crippen LogP contribution in [0.2, 0.25) is 10.0 Å². The van der Waals surface area contributed by atoms with Crippen LogP contribution in [0.1, 0.15) is 23.7 Å². The van der Waals surface area contributed by atoms with E-state index in [1.807, 2.05) is 31.2 Å². The first-order valence-corrected chi connectivity index (χ1v) is 9.67. The Kier molecular flexibility index (Phi) is 6.48. The maximum absolute atomic E-state index is 12.1. The van der Waals surface area contributed by atoms with E-state index in [-0.39, 0.29) is 12.2 Å². The largest absolute Gasteiger partial charge is 0.490 e. The van der Waals surface area contributed by atoms with Gasteiger partial charge in [0.2, 0.25) is 0 Å². The summed E-state index contributed by atoms with van der Waals surface area (Å²) in [6.07, 6.45) is 0. The van der Waals surface area contributed by atoms with E-state index in [1.54, 1.807) is 31.2 Å². The standard InChI is InChI=1S/C22H18Cl2N2O3/c1-3-28-20-10-15(16-8-13(2)26-22(27)17(16)11-25)9-19(24)21(20)29-12-14-6-4-5-7-18(14)23/h4-10H,3,12H2,1-2H3,(H,26,27). The van der Waals surface area contributed by atoms with Crippen molar-refractivity contribution in [3.8, 4) is 28.7 Å². The predicted molar refractivity (Wildman–Crippen MR) is 114 cm³/mol. The van der Waals surface area contributed by atoms with Crippen LogP contribution in [-0.2, 0) is 6.61 Å². The number of nitrogens with one attached hydrogen (secondary N) is 1. The smallest absolute Gasteiger partial charge is 0.266 e. The summed E-state index contributed by atoms with van der Waals surface area (Å²) in [6.45, 7) is 4.20. The zero-order valence-electron chi connectivity index (χ0n) is 15.9. The van der Waals surface area contributed by atoms with Crippen molar-refractivity contribution in [1.82, 2.24) is 4.98 Å². The monoisotopic (exact) mass is 428 g/mol. The lowest BCUT2D eigenvalue weighted by Crippen LogP contribution is -2.12. The Morgan fingerprint density at radius 2 is 1.86 bits per heavy atom. The molecule has 1 heterocycles. The number of H-pyrrole nitrogens is 1. The molecule has 0 amide bonds. The molecule has 0 bridgehead atoms. The molecule has 0 atom stereocenters. The molecule has 7 heteroatoms. The van der Waals surface area contributed by atoms with Crippen molar-refractivity contribution in [2.45, 2.75) is 20.5 Å².